The van der Waals surface area contributed by atoms with E-state index in [1.54, 1.807) is 4.90 Å². The third-order valence-electron chi connectivity index (χ3n) is 5.48. The molecule has 2 fully saturated rings. The minimum atomic E-state index is -0.241. The summed E-state index contributed by atoms with van der Waals surface area (Å²) in [7, 11) is 0. The molecule has 0 aromatic heterocycles. The first kappa shape index (κ1) is 23.1. The van der Waals surface area contributed by atoms with E-state index >= 15 is 0 Å². The van der Waals surface area contributed by atoms with Gasteiger partial charge in [-0.3, -0.25) is 4.90 Å². The minimum absolute atomic E-state index is 0.212. The quantitative estimate of drug-likeness (QED) is 0.472. The highest BCUT2D eigenvalue weighted by molar-refractivity contribution is 5.78. The van der Waals surface area contributed by atoms with Gasteiger partial charge in [-0.05, 0) is 37.5 Å². The number of carbonyl (C=O) groups excluding carboxylic acids is 1. The topological polar surface area (TPSA) is 102 Å². The number of guanidine groups is 1. The number of aliphatic imine (C=N–C) groups is 1. The lowest BCUT2D eigenvalue weighted by atomic mass is 10.1. The van der Waals surface area contributed by atoms with Gasteiger partial charge >= 0.3 is 6.09 Å². The molecule has 0 radical (unpaired) electrons. The molecule has 2 heterocycles. The van der Waals surface area contributed by atoms with Crippen LogP contribution in [0.3, 0.4) is 0 Å². The van der Waals surface area contributed by atoms with Crippen LogP contribution < -0.4 is 15.8 Å². The number of benzene rings is 1. The van der Waals surface area contributed by atoms with Gasteiger partial charge < -0.3 is 30.2 Å². The second-order valence-corrected chi connectivity index (χ2v) is 7.76. The maximum atomic E-state index is 11.8. The molecule has 0 spiro atoms. The molecule has 2 saturated heterocycles. The Kier molecular flexibility index (Phi) is 9.23. The van der Waals surface area contributed by atoms with Crippen LogP contribution >= 0.6 is 0 Å². The van der Waals surface area contributed by atoms with Crippen molar-refractivity contribution in [3.63, 3.8) is 0 Å². The number of amides is 1. The summed E-state index contributed by atoms with van der Waals surface area (Å²) in [6, 6.07) is 8.18. The number of ether oxygens (including phenoxy) is 3. The van der Waals surface area contributed by atoms with Crippen molar-refractivity contribution in [3.05, 3.63) is 29.8 Å². The third-order valence-corrected chi connectivity index (χ3v) is 5.48. The van der Waals surface area contributed by atoms with Crippen LogP contribution in [0.4, 0.5) is 4.79 Å². The predicted molar refractivity (Wildman–Crippen MR) is 119 cm³/mol. The van der Waals surface area contributed by atoms with Crippen molar-refractivity contribution >= 4 is 12.1 Å². The molecule has 0 aliphatic carbocycles. The summed E-state index contributed by atoms with van der Waals surface area (Å²) >= 11 is 0. The number of hydrogen-bond acceptors (Lipinski definition) is 6. The van der Waals surface area contributed by atoms with Crippen LogP contribution in [0.15, 0.2) is 29.3 Å². The van der Waals surface area contributed by atoms with Gasteiger partial charge in [-0.15, -0.1) is 0 Å². The van der Waals surface area contributed by atoms with E-state index in [2.05, 4.69) is 15.2 Å². The summed E-state index contributed by atoms with van der Waals surface area (Å²) in [5.74, 6) is 1.27. The van der Waals surface area contributed by atoms with Gasteiger partial charge in [0, 0.05) is 38.8 Å². The Morgan fingerprint density at radius 3 is 2.77 bits per heavy atom. The molecule has 2 aliphatic heterocycles. The van der Waals surface area contributed by atoms with E-state index in [9.17, 15) is 4.79 Å². The van der Waals surface area contributed by atoms with Gasteiger partial charge in [0.15, 0.2) is 5.96 Å². The molecule has 0 saturated carbocycles. The van der Waals surface area contributed by atoms with Gasteiger partial charge in [-0.25, -0.2) is 9.79 Å². The molecule has 9 nitrogen and oxygen atoms in total. The third kappa shape index (κ3) is 7.91. The van der Waals surface area contributed by atoms with Crippen molar-refractivity contribution in [3.8, 4) is 5.75 Å². The number of rotatable bonds is 8. The zero-order valence-corrected chi connectivity index (χ0v) is 18.4. The van der Waals surface area contributed by atoms with Crippen LogP contribution in [-0.4, -0.2) is 87.0 Å². The highest BCUT2D eigenvalue weighted by Gasteiger charge is 2.23. The fraction of sp³-hybridized carbons (Fsp3) is 0.636. The van der Waals surface area contributed by atoms with Gasteiger partial charge in [-0.1, -0.05) is 12.1 Å². The van der Waals surface area contributed by atoms with E-state index in [-0.39, 0.29) is 12.1 Å². The Hall–Kier alpha value is -2.52. The number of likely N-dealkylation sites (tertiary alicyclic amines) is 1. The first-order valence-corrected chi connectivity index (χ1v) is 11.1. The summed E-state index contributed by atoms with van der Waals surface area (Å²) in [4.78, 5) is 20.3. The normalized spacial score (nSPS) is 18.6. The number of carbonyl (C=O) groups is 1. The fourth-order valence-corrected chi connectivity index (χ4v) is 3.70. The average molecular weight is 434 g/mol. The van der Waals surface area contributed by atoms with Gasteiger partial charge in [0.2, 0.25) is 0 Å². The highest BCUT2D eigenvalue weighted by Crippen LogP contribution is 2.15. The molecule has 0 bridgehead atoms. The van der Waals surface area contributed by atoms with Gasteiger partial charge in [0.05, 0.1) is 26.4 Å². The maximum Gasteiger partial charge on any atom is 0.409 e. The molecule has 3 N–H and O–H groups in total. The molecule has 3 rings (SSSR count). The standard InChI is InChI=1S/C22H35N5O4/c1-2-30-22(28)27-8-6-19(7-9-27)25-21(23)24-17-18-4-3-5-20(16-18)31-15-12-26-10-13-29-14-11-26/h3-5,16,19H,2,6-15,17H2,1H3,(H3,23,24,25). The lowest BCUT2D eigenvalue weighted by Gasteiger charge is -2.31. The number of hydrogen-bond donors (Lipinski definition) is 2. The Morgan fingerprint density at radius 1 is 1.26 bits per heavy atom. The SMILES string of the molecule is CCOC(=O)N1CCC(NC(N)=NCc2cccc(OCCN3CCOCC3)c2)CC1. The second-order valence-electron chi connectivity index (χ2n) is 7.76. The van der Waals surface area contributed by atoms with E-state index in [0.717, 1.165) is 57.0 Å². The molecule has 9 heteroatoms. The monoisotopic (exact) mass is 433 g/mol. The molecule has 2 aliphatic rings. The molecule has 0 atom stereocenters. The zero-order valence-electron chi connectivity index (χ0n) is 18.4. The fourth-order valence-electron chi connectivity index (χ4n) is 3.70. The number of nitrogens with zero attached hydrogens (tertiary/aromatic N) is 3. The number of nitrogens with one attached hydrogen (secondary N) is 1. The lowest BCUT2D eigenvalue weighted by molar-refractivity contribution is 0.0322. The van der Waals surface area contributed by atoms with E-state index < -0.39 is 0 Å². The van der Waals surface area contributed by atoms with Crippen molar-refractivity contribution in [1.82, 2.24) is 15.1 Å². The van der Waals surface area contributed by atoms with Crippen LogP contribution in [0.5, 0.6) is 5.75 Å². The van der Waals surface area contributed by atoms with Crippen LogP contribution in [0, 0.1) is 0 Å². The van der Waals surface area contributed by atoms with Gasteiger partial charge in [0.1, 0.15) is 12.4 Å². The zero-order chi connectivity index (χ0) is 21.9. The first-order valence-electron chi connectivity index (χ1n) is 11.1. The smallest absolute Gasteiger partial charge is 0.409 e. The van der Waals surface area contributed by atoms with Crippen LogP contribution in [-0.2, 0) is 16.0 Å². The van der Waals surface area contributed by atoms with E-state index in [0.29, 0.717) is 38.8 Å². The van der Waals surface area contributed by atoms with E-state index in [1.165, 1.54) is 0 Å². The molecule has 0 unspecified atom stereocenters. The average Bonchev–Trinajstić information content (AvgIpc) is 2.79. The van der Waals surface area contributed by atoms with Crippen LogP contribution in [0.25, 0.3) is 0 Å². The maximum absolute atomic E-state index is 11.8. The van der Waals surface area contributed by atoms with Crippen molar-refractivity contribution in [2.24, 2.45) is 10.7 Å². The van der Waals surface area contributed by atoms with Crippen molar-refractivity contribution < 1.29 is 19.0 Å². The molecule has 1 aromatic rings. The van der Waals surface area contributed by atoms with Crippen LogP contribution in [0.1, 0.15) is 25.3 Å². The molecule has 31 heavy (non-hydrogen) atoms. The summed E-state index contributed by atoms with van der Waals surface area (Å²) in [5.41, 5.74) is 7.13. The molecule has 172 valence electrons. The van der Waals surface area contributed by atoms with Gasteiger partial charge in [-0.2, -0.15) is 0 Å². The van der Waals surface area contributed by atoms with E-state index in [1.807, 2.05) is 31.2 Å². The molecular formula is C22H35N5O4. The molecular weight excluding hydrogens is 398 g/mol. The number of piperidine rings is 1. The van der Waals surface area contributed by atoms with Crippen LogP contribution in [0.2, 0.25) is 0 Å². The van der Waals surface area contributed by atoms with Crippen molar-refractivity contribution in [2.45, 2.75) is 32.4 Å². The van der Waals surface area contributed by atoms with E-state index in [4.69, 9.17) is 19.9 Å². The van der Waals surface area contributed by atoms with Crippen molar-refractivity contribution in [1.29, 1.82) is 0 Å². The Balaban J connectivity index is 1.38. The predicted octanol–water partition coefficient (Wildman–Crippen LogP) is 1.42. The summed E-state index contributed by atoms with van der Waals surface area (Å²) < 4.78 is 16.3. The summed E-state index contributed by atoms with van der Waals surface area (Å²) in [6.45, 7) is 9.10. The summed E-state index contributed by atoms with van der Waals surface area (Å²) in [5, 5.41) is 3.27. The molecule has 1 amide bonds. The highest BCUT2D eigenvalue weighted by atomic mass is 16.6. The lowest BCUT2D eigenvalue weighted by Crippen LogP contribution is -2.48. The summed E-state index contributed by atoms with van der Waals surface area (Å²) in [6.07, 6.45) is 1.40. The first-order chi connectivity index (χ1) is 15.1. The largest absolute Gasteiger partial charge is 0.492 e. The Bertz CT molecular complexity index is 716. The second kappa shape index (κ2) is 12.4. The number of nitrogens with two attached hydrogens (primary N) is 1. The Morgan fingerprint density at radius 2 is 2.03 bits per heavy atom. The minimum Gasteiger partial charge on any atom is -0.492 e. The number of morpholine rings is 1. The van der Waals surface area contributed by atoms with Gasteiger partial charge in [0.25, 0.3) is 0 Å². The van der Waals surface area contributed by atoms with Crippen molar-refractivity contribution in [2.75, 3.05) is 59.2 Å². The Labute approximate surface area is 184 Å². The molecule has 1 aromatic carbocycles.